The molecule has 5 nitrogen and oxygen atoms in total. The third kappa shape index (κ3) is 3.44. The second-order valence-corrected chi connectivity index (χ2v) is 5.97. The number of carbonyl (C=O) groups is 1. The van der Waals surface area contributed by atoms with Crippen molar-refractivity contribution >= 4 is 17.7 Å². The van der Waals surface area contributed by atoms with Crippen molar-refractivity contribution in [3.63, 3.8) is 0 Å². The zero-order valence-corrected chi connectivity index (χ0v) is 13.5. The molecule has 1 unspecified atom stereocenters. The molecule has 1 aromatic heterocycles. The molecule has 1 aromatic carbocycles. The van der Waals surface area contributed by atoms with Crippen molar-refractivity contribution in [1.82, 2.24) is 14.8 Å². The van der Waals surface area contributed by atoms with Crippen LogP contribution in [0.3, 0.4) is 0 Å². The van der Waals surface area contributed by atoms with Gasteiger partial charge in [0.15, 0.2) is 5.16 Å². The summed E-state index contributed by atoms with van der Waals surface area (Å²) in [5, 5.41) is 8.69. The Morgan fingerprint density at radius 2 is 2.05 bits per heavy atom. The molecule has 0 aliphatic rings. The number of hydrogen-bond acceptors (Lipinski definition) is 5. The molecule has 0 amide bonds. The summed E-state index contributed by atoms with van der Waals surface area (Å²) in [5.41, 5.74) is 2.16. The number of carbonyl (C=O) groups excluding carboxylic acids is 1. The maximum atomic E-state index is 11.8. The molecule has 6 heteroatoms. The summed E-state index contributed by atoms with van der Waals surface area (Å²) in [5.74, 6) is 0.558. The predicted molar refractivity (Wildman–Crippen MR) is 82.8 cm³/mol. The number of hydrogen-bond donors (Lipinski definition) is 0. The number of nitrogens with zero attached hydrogens (tertiary/aromatic N) is 3. The highest BCUT2D eigenvalue weighted by Crippen LogP contribution is 2.27. The summed E-state index contributed by atoms with van der Waals surface area (Å²) in [6.07, 6.45) is 0. The minimum atomic E-state index is -0.323. The molecule has 0 N–H and O–H groups in total. The highest BCUT2D eigenvalue weighted by atomic mass is 32.2. The Kier molecular flexibility index (Phi) is 5.01. The van der Waals surface area contributed by atoms with Crippen LogP contribution in [0.4, 0.5) is 0 Å². The van der Waals surface area contributed by atoms with E-state index < -0.39 is 0 Å². The Morgan fingerprint density at radius 1 is 1.33 bits per heavy atom. The van der Waals surface area contributed by atoms with E-state index in [1.807, 2.05) is 49.6 Å². The number of ether oxygens (including phenoxy) is 1. The molecule has 0 spiro atoms. The monoisotopic (exact) mass is 305 g/mol. The first-order valence-corrected chi connectivity index (χ1v) is 7.73. The standard InChI is InChI=1S/C15H19N3O2S/c1-5-20-14(19)11(3)21-15-17-16-12(4)18(15)13-9-7-6-8-10(13)2/h6-9,11H,5H2,1-4H3. The van der Waals surface area contributed by atoms with Crippen LogP contribution in [0.2, 0.25) is 0 Å². The maximum absolute atomic E-state index is 11.8. The molecule has 2 rings (SSSR count). The maximum Gasteiger partial charge on any atom is 0.319 e. The van der Waals surface area contributed by atoms with Gasteiger partial charge in [0.05, 0.1) is 12.3 Å². The topological polar surface area (TPSA) is 57.0 Å². The molecular formula is C15H19N3O2S. The van der Waals surface area contributed by atoms with E-state index in [-0.39, 0.29) is 11.2 Å². The number of aryl methyl sites for hydroxylation is 2. The number of aromatic nitrogens is 3. The smallest absolute Gasteiger partial charge is 0.319 e. The molecule has 0 aliphatic heterocycles. The Labute approximate surface area is 128 Å². The van der Waals surface area contributed by atoms with Crippen molar-refractivity contribution in [2.45, 2.75) is 38.1 Å². The Morgan fingerprint density at radius 3 is 2.71 bits per heavy atom. The zero-order chi connectivity index (χ0) is 15.4. The lowest BCUT2D eigenvalue weighted by Gasteiger charge is -2.13. The molecule has 0 saturated heterocycles. The Bertz CT molecular complexity index is 640. The first-order valence-electron chi connectivity index (χ1n) is 6.86. The molecule has 0 saturated carbocycles. The van der Waals surface area contributed by atoms with Crippen LogP contribution < -0.4 is 0 Å². The third-order valence-electron chi connectivity index (χ3n) is 3.05. The van der Waals surface area contributed by atoms with Gasteiger partial charge in [-0.2, -0.15) is 0 Å². The second-order valence-electron chi connectivity index (χ2n) is 4.66. The Hall–Kier alpha value is -1.82. The quantitative estimate of drug-likeness (QED) is 0.628. The van der Waals surface area contributed by atoms with Gasteiger partial charge in [-0.3, -0.25) is 9.36 Å². The molecule has 1 atom stereocenters. The van der Waals surface area contributed by atoms with E-state index in [4.69, 9.17) is 4.74 Å². The van der Waals surface area contributed by atoms with E-state index >= 15 is 0 Å². The van der Waals surface area contributed by atoms with Crippen molar-refractivity contribution in [2.24, 2.45) is 0 Å². The van der Waals surface area contributed by atoms with Crippen molar-refractivity contribution < 1.29 is 9.53 Å². The fraction of sp³-hybridized carbons (Fsp3) is 0.400. The van der Waals surface area contributed by atoms with E-state index in [0.717, 1.165) is 17.1 Å². The largest absolute Gasteiger partial charge is 0.465 e. The van der Waals surface area contributed by atoms with Gasteiger partial charge in [0.1, 0.15) is 11.1 Å². The lowest BCUT2D eigenvalue weighted by Crippen LogP contribution is -2.17. The van der Waals surface area contributed by atoms with E-state index in [1.165, 1.54) is 11.8 Å². The van der Waals surface area contributed by atoms with Crippen LogP contribution >= 0.6 is 11.8 Å². The molecule has 0 aliphatic carbocycles. The molecular weight excluding hydrogens is 286 g/mol. The second kappa shape index (κ2) is 6.76. The van der Waals surface area contributed by atoms with E-state index in [2.05, 4.69) is 10.2 Å². The number of thioether (sulfide) groups is 1. The van der Waals surface area contributed by atoms with Crippen LogP contribution in [0.5, 0.6) is 0 Å². The highest BCUT2D eigenvalue weighted by Gasteiger charge is 2.21. The van der Waals surface area contributed by atoms with Gasteiger partial charge < -0.3 is 4.74 Å². The SMILES string of the molecule is CCOC(=O)C(C)Sc1nnc(C)n1-c1ccccc1C. The average molecular weight is 305 g/mol. The van der Waals surface area contributed by atoms with Crippen molar-refractivity contribution in [3.8, 4) is 5.69 Å². The third-order valence-corrected chi connectivity index (χ3v) is 4.07. The average Bonchev–Trinajstić information content (AvgIpc) is 2.81. The molecule has 0 bridgehead atoms. The predicted octanol–water partition coefficient (Wildman–Crippen LogP) is 2.93. The van der Waals surface area contributed by atoms with Crippen LogP contribution in [-0.2, 0) is 9.53 Å². The molecule has 21 heavy (non-hydrogen) atoms. The lowest BCUT2D eigenvalue weighted by molar-refractivity contribution is -0.142. The number of rotatable bonds is 5. The molecule has 0 radical (unpaired) electrons. The fourth-order valence-corrected chi connectivity index (χ4v) is 2.88. The summed E-state index contributed by atoms with van der Waals surface area (Å²) in [7, 11) is 0. The summed E-state index contributed by atoms with van der Waals surface area (Å²) in [4.78, 5) is 11.8. The number of esters is 1. The van der Waals surface area contributed by atoms with Crippen LogP contribution in [0, 0.1) is 13.8 Å². The van der Waals surface area contributed by atoms with Crippen molar-refractivity contribution in [3.05, 3.63) is 35.7 Å². The molecule has 0 fully saturated rings. The van der Waals surface area contributed by atoms with Gasteiger partial charge in [-0.25, -0.2) is 0 Å². The summed E-state index contributed by atoms with van der Waals surface area (Å²) in [6.45, 7) is 7.94. The van der Waals surface area contributed by atoms with E-state index in [9.17, 15) is 4.79 Å². The molecule has 2 aromatic rings. The van der Waals surface area contributed by atoms with Gasteiger partial charge in [-0.05, 0) is 39.3 Å². The fourth-order valence-electron chi connectivity index (χ4n) is 1.98. The zero-order valence-electron chi connectivity index (χ0n) is 12.7. The minimum absolute atomic E-state index is 0.237. The van der Waals surface area contributed by atoms with Crippen LogP contribution in [0.25, 0.3) is 5.69 Å². The highest BCUT2D eigenvalue weighted by molar-refractivity contribution is 8.00. The number of para-hydroxylation sites is 1. The van der Waals surface area contributed by atoms with E-state index in [0.29, 0.717) is 11.8 Å². The summed E-state index contributed by atoms with van der Waals surface area (Å²) >= 11 is 1.36. The van der Waals surface area contributed by atoms with Crippen LogP contribution in [0.1, 0.15) is 25.2 Å². The van der Waals surface area contributed by atoms with Gasteiger partial charge in [0.25, 0.3) is 0 Å². The van der Waals surface area contributed by atoms with Crippen LogP contribution in [0.15, 0.2) is 29.4 Å². The summed E-state index contributed by atoms with van der Waals surface area (Å²) in [6, 6.07) is 8.03. The van der Waals surface area contributed by atoms with Gasteiger partial charge in [-0.15, -0.1) is 10.2 Å². The summed E-state index contributed by atoms with van der Waals surface area (Å²) < 4.78 is 7.00. The molecule has 1 heterocycles. The normalized spacial score (nSPS) is 12.2. The van der Waals surface area contributed by atoms with Crippen molar-refractivity contribution in [2.75, 3.05) is 6.61 Å². The lowest BCUT2D eigenvalue weighted by atomic mass is 10.2. The number of benzene rings is 1. The van der Waals surface area contributed by atoms with Crippen molar-refractivity contribution in [1.29, 1.82) is 0 Å². The van der Waals surface area contributed by atoms with Crippen LogP contribution in [-0.4, -0.2) is 32.6 Å². The Balaban J connectivity index is 2.31. The van der Waals surface area contributed by atoms with Gasteiger partial charge in [0.2, 0.25) is 0 Å². The van der Waals surface area contributed by atoms with Gasteiger partial charge >= 0.3 is 5.97 Å². The van der Waals surface area contributed by atoms with Gasteiger partial charge in [-0.1, -0.05) is 30.0 Å². The minimum Gasteiger partial charge on any atom is -0.465 e. The first-order chi connectivity index (χ1) is 10.0. The first kappa shape index (κ1) is 15.6. The van der Waals surface area contributed by atoms with E-state index in [1.54, 1.807) is 6.92 Å². The van der Waals surface area contributed by atoms with Gasteiger partial charge in [0, 0.05) is 0 Å². The molecule has 112 valence electrons.